The zero-order chi connectivity index (χ0) is 42.1. The molecule has 0 saturated carbocycles. The summed E-state index contributed by atoms with van der Waals surface area (Å²) in [4.78, 5) is 16.7. The quantitative estimate of drug-likeness (QED) is 0.136. The van der Waals surface area contributed by atoms with Crippen molar-refractivity contribution in [2.75, 3.05) is 0 Å². The third-order valence-corrected chi connectivity index (χ3v) is 13.1. The number of nitrogens with one attached hydrogen (secondary N) is 4. The van der Waals surface area contributed by atoms with Crippen molar-refractivity contribution in [3.05, 3.63) is 285 Å². The molecule has 4 nitrogen and oxygen atoms in total. The molecule has 1 aliphatic carbocycles. The van der Waals surface area contributed by atoms with E-state index in [9.17, 15) is 0 Å². The summed E-state index contributed by atoms with van der Waals surface area (Å²) >= 11 is 0. The molecular formula is C60H40N4Pt+2. The number of aromatic nitrogens is 4. The van der Waals surface area contributed by atoms with E-state index in [-0.39, 0.29) is 21.1 Å². The zero-order valence-electron chi connectivity index (χ0n) is 35.1. The van der Waals surface area contributed by atoms with E-state index in [2.05, 4.69) is 238 Å². The van der Waals surface area contributed by atoms with E-state index < -0.39 is 0 Å². The minimum absolute atomic E-state index is 0. The summed E-state index contributed by atoms with van der Waals surface area (Å²) < 4.78 is 0. The van der Waals surface area contributed by atoms with E-state index in [0.29, 0.717) is 0 Å². The second kappa shape index (κ2) is 15.7. The predicted molar refractivity (Wildman–Crippen MR) is 264 cm³/mol. The van der Waals surface area contributed by atoms with Crippen molar-refractivity contribution in [2.45, 2.75) is 0 Å². The molecule has 8 bridgehead atoms. The molecular weight excluding hydrogens is 972 g/mol. The Hall–Kier alpha value is -7.91. The Morgan fingerprint density at radius 2 is 0.369 bits per heavy atom. The maximum absolute atomic E-state index is 4.18. The third-order valence-electron chi connectivity index (χ3n) is 13.1. The Labute approximate surface area is 388 Å². The molecule has 13 rings (SSSR count). The number of H-pyrrole nitrogens is 4. The van der Waals surface area contributed by atoms with E-state index >= 15 is 0 Å². The van der Waals surface area contributed by atoms with E-state index in [1.54, 1.807) is 0 Å². The molecule has 8 aromatic carbocycles. The number of hydrogen-bond donors (Lipinski definition) is 4. The summed E-state index contributed by atoms with van der Waals surface area (Å²) in [6.07, 6.45) is 0. The van der Waals surface area contributed by atoms with E-state index in [1.807, 2.05) is 0 Å². The fourth-order valence-electron chi connectivity index (χ4n) is 10.4. The first-order valence-corrected chi connectivity index (χ1v) is 22.0. The van der Waals surface area contributed by atoms with Crippen LogP contribution in [0, 0.1) is 0 Å². The molecule has 4 N–H and O–H groups in total. The van der Waals surface area contributed by atoms with E-state index in [0.717, 1.165) is 132 Å². The maximum Gasteiger partial charge on any atom is 2.00 e. The first-order chi connectivity index (χ1) is 31.8. The van der Waals surface area contributed by atoms with Gasteiger partial charge in [0.2, 0.25) is 0 Å². The van der Waals surface area contributed by atoms with Gasteiger partial charge in [-0.3, -0.25) is 0 Å². The van der Waals surface area contributed by atoms with E-state index in [1.165, 1.54) is 0 Å². The van der Waals surface area contributed by atoms with Gasteiger partial charge in [-0.05, 0) is 22.3 Å². The summed E-state index contributed by atoms with van der Waals surface area (Å²) in [6.45, 7) is 0. The molecule has 0 saturated heterocycles. The summed E-state index contributed by atoms with van der Waals surface area (Å²) in [7, 11) is 0. The largest absolute Gasteiger partial charge is 2.00 e. The number of hydrogen-bond acceptors (Lipinski definition) is 0. The Balaban J connectivity index is 0.00000444. The number of rotatable bonds is 4. The fraction of sp³-hybridized carbons (Fsp3) is 0. The molecule has 4 aromatic heterocycles. The van der Waals surface area contributed by atoms with Crippen LogP contribution in [0.4, 0.5) is 0 Å². The zero-order valence-corrected chi connectivity index (χ0v) is 37.4. The van der Waals surface area contributed by atoms with Gasteiger partial charge in [0.1, 0.15) is 0 Å². The topological polar surface area (TPSA) is 63.2 Å². The van der Waals surface area contributed by atoms with Gasteiger partial charge in [-0.25, -0.2) is 0 Å². The minimum atomic E-state index is 0. The number of benzene rings is 8. The van der Waals surface area contributed by atoms with Crippen LogP contribution in [-0.4, -0.2) is 19.9 Å². The first kappa shape index (κ1) is 38.7. The molecule has 0 fully saturated rings. The van der Waals surface area contributed by atoms with Gasteiger partial charge in [-0.1, -0.05) is 218 Å². The van der Waals surface area contributed by atoms with Gasteiger partial charge in [0, 0.05) is 65.4 Å². The van der Waals surface area contributed by atoms with Crippen molar-refractivity contribution in [3.63, 3.8) is 0 Å². The van der Waals surface area contributed by atoms with Gasteiger partial charge < -0.3 is 19.9 Å². The molecule has 5 heteroatoms. The van der Waals surface area contributed by atoms with Crippen LogP contribution in [-0.2, 0) is 21.1 Å². The summed E-state index contributed by atoms with van der Waals surface area (Å²) in [5, 5.41) is 13.4. The van der Waals surface area contributed by atoms with Gasteiger partial charge in [0.05, 0.1) is 44.2 Å². The van der Waals surface area contributed by atoms with Crippen LogP contribution < -0.4 is 21.4 Å². The maximum atomic E-state index is 4.18. The Kier molecular flexibility index (Phi) is 9.36. The van der Waals surface area contributed by atoms with Crippen molar-refractivity contribution in [3.8, 4) is 0 Å². The van der Waals surface area contributed by atoms with Crippen LogP contribution in [0.5, 0.6) is 0 Å². The van der Waals surface area contributed by atoms with Crippen molar-refractivity contribution in [1.29, 1.82) is 0 Å². The SMILES string of the molecule is [Pt+2].c1ccc(C2=c3[nH]c(c4ccccc34)=C(c3ccccc3)c3[nH]c(c4ccccc34)C(c3ccccc3)=c3[nH]c(c4ccccc34)=C(c3ccccc3)c3[nH]c2c2ccccc32)cc1. The van der Waals surface area contributed by atoms with Crippen LogP contribution in [0.25, 0.3) is 65.4 Å². The monoisotopic (exact) mass is 1010 g/mol. The normalized spacial score (nSPS) is 12.7. The van der Waals surface area contributed by atoms with Crippen molar-refractivity contribution in [1.82, 2.24) is 19.9 Å². The average Bonchev–Trinajstić information content (AvgIpc) is 4.14. The minimum Gasteiger partial charge on any atom is -0.353 e. The molecule has 308 valence electrons. The Morgan fingerprint density at radius 3 is 0.585 bits per heavy atom. The van der Waals surface area contributed by atoms with Crippen molar-refractivity contribution < 1.29 is 21.1 Å². The summed E-state index contributed by atoms with van der Waals surface area (Å²) in [5.74, 6) is 0. The predicted octanol–water partition coefficient (Wildman–Crippen LogP) is 10.9. The smallest absolute Gasteiger partial charge is 0.353 e. The molecule has 0 aliphatic heterocycles. The second-order valence-electron chi connectivity index (χ2n) is 16.6. The second-order valence-corrected chi connectivity index (χ2v) is 16.6. The Bertz CT molecular complexity index is 3520. The van der Waals surface area contributed by atoms with Crippen LogP contribution in [0.3, 0.4) is 0 Å². The van der Waals surface area contributed by atoms with Crippen LogP contribution in [0.1, 0.15) is 45.0 Å². The van der Waals surface area contributed by atoms with Crippen LogP contribution in [0.2, 0.25) is 0 Å². The molecule has 0 spiro atoms. The average molecular weight is 1010 g/mol. The summed E-state index contributed by atoms with van der Waals surface area (Å²) in [5.41, 5.74) is 13.1. The van der Waals surface area contributed by atoms with Gasteiger partial charge in [0.25, 0.3) is 0 Å². The molecule has 65 heavy (non-hydrogen) atoms. The molecule has 0 amide bonds. The molecule has 0 atom stereocenters. The summed E-state index contributed by atoms with van der Waals surface area (Å²) in [6, 6.07) is 78.8. The molecule has 1 aliphatic rings. The van der Waals surface area contributed by atoms with Crippen molar-refractivity contribution in [2.24, 2.45) is 0 Å². The van der Waals surface area contributed by atoms with Crippen LogP contribution >= 0.6 is 0 Å². The molecule has 0 radical (unpaired) electrons. The Morgan fingerprint density at radius 1 is 0.185 bits per heavy atom. The van der Waals surface area contributed by atoms with Gasteiger partial charge in [-0.2, -0.15) is 0 Å². The fourth-order valence-corrected chi connectivity index (χ4v) is 10.4. The van der Waals surface area contributed by atoms with Crippen LogP contribution in [0.15, 0.2) is 218 Å². The van der Waals surface area contributed by atoms with Gasteiger partial charge in [-0.15, -0.1) is 0 Å². The first-order valence-electron chi connectivity index (χ1n) is 22.0. The standard InChI is InChI=1S/C60H40N4.Pt/c1-5-21-37(22-6-1)49-53-41-29-13-15-31-43(41)55(61-53)50(38-23-7-2-8-24-38)57-45-33-17-19-35-47(45)59(63-57)52(40-27-11-4-12-28-40)60-48-36-20-18-34-46(48)58(64-60)51(39-25-9-3-10-26-39)56-44-32-16-14-30-42(44)54(49)62-56;/h1-36,61-64H;/q;+2. The van der Waals surface area contributed by atoms with Gasteiger partial charge >= 0.3 is 21.1 Å². The molecule has 0 unspecified atom stereocenters. The van der Waals surface area contributed by atoms with Crippen molar-refractivity contribution >= 4 is 65.4 Å². The third kappa shape index (κ3) is 6.09. The van der Waals surface area contributed by atoms with Gasteiger partial charge in [0.15, 0.2) is 0 Å². The van der Waals surface area contributed by atoms with E-state index in [4.69, 9.17) is 0 Å². The molecule has 12 aromatic rings. The number of aromatic amines is 4. The molecule has 4 heterocycles.